The number of nitrogens with zero attached hydrogens (tertiary/aromatic N) is 6. The number of halogens is 3. The third-order valence-corrected chi connectivity index (χ3v) is 7.21. The summed E-state index contributed by atoms with van der Waals surface area (Å²) in [7, 11) is 0. The number of alkyl halides is 2. The monoisotopic (exact) mass is 565 g/mol. The average molecular weight is 566 g/mol. The second-order valence-corrected chi connectivity index (χ2v) is 10.6. The van der Waals surface area contributed by atoms with E-state index < -0.39 is 23.9 Å². The van der Waals surface area contributed by atoms with Crippen molar-refractivity contribution in [3.05, 3.63) is 78.0 Å². The molecule has 3 aromatic heterocycles. The molecule has 4 heterocycles. The molecule has 0 spiro atoms. The summed E-state index contributed by atoms with van der Waals surface area (Å²) in [5.41, 5.74) is 7.70. The van der Waals surface area contributed by atoms with Crippen molar-refractivity contribution in [2.75, 3.05) is 13.1 Å². The molecule has 1 saturated carbocycles. The number of hydrogen-bond acceptors (Lipinski definition) is 8. The Hall–Kier alpha value is -4.52. The van der Waals surface area contributed by atoms with Crippen LogP contribution >= 0.6 is 0 Å². The van der Waals surface area contributed by atoms with Crippen LogP contribution in [0.15, 0.2) is 61.1 Å². The summed E-state index contributed by atoms with van der Waals surface area (Å²) in [6.07, 6.45) is 4.04. The summed E-state index contributed by atoms with van der Waals surface area (Å²) in [5.74, 6) is -0.762. The maximum absolute atomic E-state index is 13.5. The van der Waals surface area contributed by atoms with Crippen LogP contribution < -0.4 is 15.2 Å². The molecule has 2 aliphatic rings. The highest BCUT2D eigenvalue weighted by molar-refractivity contribution is 5.96. The summed E-state index contributed by atoms with van der Waals surface area (Å²) < 4.78 is 51.5. The van der Waals surface area contributed by atoms with Gasteiger partial charge in [-0.3, -0.25) is 4.79 Å². The highest BCUT2D eigenvalue weighted by atomic mass is 19.3. The van der Waals surface area contributed by atoms with Crippen LogP contribution in [0.5, 0.6) is 11.8 Å². The number of carbonyl (C=O) groups excluding carboxylic acids is 1. The number of pyridine rings is 1. The van der Waals surface area contributed by atoms with E-state index in [-0.39, 0.29) is 35.3 Å². The Balaban J connectivity index is 1.17. The molecule has 1 saturated heterocycles. The zero-order valence-corrected chi connectivity index (χ0v) is 22.1. The van der Waals surface area contributed by atoms with Crippen molar-refractivity contribution in [1.82, 2.24) is 29.6 Å². The van der Waals surface area contributed by atoms with Crippen molar-refractivity contribution in [1.29, 1.82) is 0 Å². The minimum absolute atomic E-state index is 0.0385. The predicted octanol–water partition coefficient (Wildman–Crippen LogP) is 3.81. The van der Waals surface area contributed by atoms with E-state index in [1.165, 1.54) is 30.7 Å². The van der Waals surface area contributed by atoms with Crippen LogP contribution in [-0.2, 0) is 5.54 Å². The smallest absolute Gasteiger partial charge is 0.388 e. The van der Waals surface area contributed by atoms with Crippen molar-refractivity contribution in [2.45, 2.75) is 32.1 Å². The van der Waals surface area contributed by atoms with E-state index in [9.17, 15) is 18.0 Å². The van der Waals surface area contributed by atoms with Crippen molar-refractivity contribution in [3.63, 3.8) is 0 Å². The molecule has 2 fully saturated rings. The van der Waals surface area contributed by atoms with Crippen LogP contribution in [0, 0.1) is 17.7 Å². The second kappa shape index (κ2) is 10.1. The van der Waals surface area contributed by atoms with Crippen molar-refractivity contribution in [2.24, 2.45) is 17.6 Å². The first-order valence-electron chi connectivity index (χ1n) is 12.9. The van der Waals surface area contributed by atoms with Gasteiger partial charge in [0.2, 0.25) is 5.88 Å². The van der Waals surface area contributed by atoms with Crippen LogP contribution in [0.25, 0.3) is 17.2 Å². The summed E-state index contributed by atoms with van der Waals surface area (Å²) in [5, 5.41) is 3.96. The Morgan fingerprint density at radius 3 is 2.41 bits per heavy atom. The van der Waals surface area contributed by atoms with Gasteiger partial charge in [-0.25, -0.2) is 24.0 Å². The van der Waals surface area contributed by atoms with Crippen LogP contribution in [0.2, 0.25) is 0 Å². The Morgan fingerprint density at radius 1 is 1.10 bits per heavy atom. The average Bonchev–Trinajstić information content (AvgIpc) is 3.26. The number of carbonyl (C=O) groups is 1. The van der Waals surface area contributed by atoms with Gasteiger partial charge in [0.1, 0.15) is 17.5 Å². The van der Waals surface area contributed by atoms with Gasteiger partial charge < -0.3 is 20.1 Å². The summed E-state index contributed by atoms with van der Waals surface area (Å²) in [4.78, 5) is 27.6. The molecule has 0 radical (unpaired) electrons. The lowest BCUT2D eigenvalue weighted by molar-refractivity contribution is -0.0534. The molecular formula is C28H26F3N7O3. The first kappa shape index (κ1) is 26.7. The molecule has 1 aliphatic heterocycles. The first-order valence-corrected chi connectivity index (χ1v) is 12.9. The molecule has 1 amide bonds. The molecule has 1 aromatic carbocycles. The summed E-state index contributed by atoms with van der Waals surface area (Å²) in [6.45, 7) is 1.31. The van der Waals surface area contributed by atoms with Crippen LogP contribution in [0.3, 0.4) is 0 Å². The molecule has 6 rings (SSSR count). The normalized spacial score (nSPS) is 19.8. The Morgan fingerprint density at radius 2 is 1.78 bits per heavy atom. The predicted molar refractivity (Wildman–Crippen MR) is 140 cm³/mol. The molecule has 4 aromatic rings. The number of aromatic nitrogens is 5. The number of hydrogen-bond donors (Lipinski definition) is 1. The van der Waals surface area contributed by atoms with E-state index in [0.717, 1.165) is 15.8 Å². The number of piperidine rings is 1. The fourth-order valence-corrected chi connectivity index (χ4v) is 5.02. The maximum atomic E-state index is 13.5. The fourth-order valence-electron chi connectivity index (χ4n) is 5.02. The lowest BCUT2D eigenvalue weighted by Gasteiger charge is -2.22. The molecular weight excluding hydrogens is 539 g/mol. The first-order chi connectivity index (χ1) is 19.6. The third kappa shape index (κ3) is 5.44. The SMILES string of the molecule is CC(C)(N)c1cc(OC2[C@H]3CN(C(=O)c4cn(-c5ncccn5)nc4OC(F)F)C[C@@H]23)nc(-c2ccc(F)cc2)c1. The maximum Gasteiger partial charge on any atom is 0.388 e. The van der Waals surface area contributed by atoms with E-state index >= 15 is 0 Å². The Kier molecular flexibility index (Phi) is 6.60. The molecule has 2 N–H and O–H groups in total. The van der Waals surface area contributed by atoms with Gasteiger partial charge in [0, 0.05) is 54.5 Å². The third-order valence-electron chi connectivity index (χ3n) is 7.21. The highest BCUT2D eigenvalue weighted by Gasteiger charge is 2.59. The second-order valence-electron chi connectivity index (χ2n) is 10.6. The van der Waals surface area contributed by atoms with Gasteiger partial charge in [0.15, 0.2) is 0 Å². The topological polar surface area (TPSA) is 121 Å². The molecule has 1 unspecified atom stereocenters. The molecule has 1 aliphatic carbocycles. The molecule has 212 valence electrons. The molecule has 0 bridgehead atoms. The van der Waals surface area contributed by atoms with E-state index in [0.29, 0.717) is 24.7 Å². The lowest BCUT2D eigenvalue weighted by Crippen LogP contribution is -2.33. The number of likely N-dealkylation sites (tertiary alicyclic amines) is 1. The number of rotatable bonds is 8. The summed E-state index contributed by atoms with van der Waals surface area (Å²) in [6, 6.07) is 11.2. The standard InChI is InChI=1S/C28H26F3N7O3/c1-28(2,32)16-10-21(15-4-6-17(29)7-5-15)35-22(11-16)40-23-18-12-37(13-19(18)23)25(39)20-14-38(27-33-8-3-9-34-27)36-24(20)41-26(30)31/h3-11,14,18-19,23,26H,12-13,32H2,1-2H3/t18-,19+,23?. The Labute approximate surface area is 232 Å². The van der Waals surface area contributed by atoms with Crippen molar-refractivity contribution < 1.29 is 27.4 Å². The number of benzene rings is 1. The molecule has 3 atom stereocenters. The fraction of sp³-hybridized carbons (Fsp3) is 0.321. The minimum Gasteiger partial charge on any atom is -0.474 e. The number of fused-ring (bicyclic) bond motifs is 1. The van der Waals surface area contributed by atoms with Crippen LogP contribution in [-0.4, -0.2) is 61.3 Å². The van der Waals surface area contributed by atoms with E-state index in [2.05, 4.69) is 24.8 Å². The number of ether oxygens (including phenoxy) is 2. The Bertz CT molecular complexity index is 1560. The van der Waals surface area contributed by atoms with Gasteiger partial charge in [0.05, 0.1) is 11.9 Å². The quantitative estimate of drug-likeness (QED) is 0.343. The van der Waals surface area contributed by atoms with Crippen molar-refractivity contribution in [3.8, 4) is 29.0 Å². The molecule has 41 heavy (non-hydrogen) atoms. The van der Waals surface area contributed by atoms with Gasteiger partial charge in [-0.05, 0) is 55.8 Å². The van der Waals surface area contributed by atoms with Gasteiger partial charge in [-0.2, -0.15) is 8.78 Å². The van der Waals surface area contributed by atoms with Gasteiger partial charge in [0.25, 0.3) is 17.7 Å². The number of nitrogens with two attached hydrogens (primary N) is 1. The van der Waals surface area contributed by atoms with Gasteiger partial charge >= 0.3 is 6.61 Å². The number of amides is 1. The zero-order valence-electron chi connectivity index (χ0n) is 22.1. The van der Waals surface area contributed by atoms with E-state index in [4.69, 9.17) is 10.5 Å². The van der Waals surface area contributed by atoms with Gasteiger partial charge in [-0.15, -0.1) is 5.10 Å². The largest absolute Gasteiger partial charge is 0.474 e. The highest BCUT2D eigenvalue weighted by Crippen LogP contribution is 2.48. The minimum atomic E-state index is -3.16. The zero-order chi connectivity index (χ0) is 28.9. The lowest BCUT2D eigenvalue weighted by atomic mass is 9.95. The van der Waals surface area contributed by atoms with Crippen LogP contribution in [0.4, 0.5) is 13.2 Å². The molecule has 13 heteroatoms. The summed E-state index contributed by atoms with van der Waals surface area (Å²) >= 11 is 0. The van der Waals surface area contributed by atoms with Gasteiger partial charge in [-0.1, -0.05) is 0 Å². The van der Waals surface area contributed by atoms with Crippen molar-refractivity contribution >= 4 is 5.91 Å². The molecule has 10 nitrogen and oxygen atoms in total. The van der Waals surface area contributed by atoms with E-state index in [1.807, 2.05) is 19.9 Å². The van der Waals surface area contributed by atoms with E-state index in [1.54, 1.807) is 29.2 Å². The van der Waals surface area contributed by atoms with Crippen LogP contribution in [0.1, 0.15) is 29.8 Å².